The first kappa shape index (κ1) is 14.4. The van der Waals surface area contributed by atoms with Crippen LogP contribution in [0.5, 0.6) is 0 Å². The van der Waals surface area contributed by atoms with Crippen molar-refractivity contribution in [2.45, 2.75) is 19.5 Å². The van der Waals surface area contributed by atoms with Crippen LogP contribution in [0.2, 0.25) is 9.36 Å². The summed E-state index contributed by atoms with van der Waals surface area (Å²) in [5.74, 6) is 0. The molecule has 0 aliphatic heterocycles. The minimum absolute atomic E-state index is 0.253. The third-order valence-corrected chi connectivity index (χ3v) is 5.34. The lowest BCUT2D eigenvalue weighted by atomic mass is 10.1. The van der Waals surface area contributed by atoms with E-state index in [4.69, 9.17) is 23.2 Å². The van der Waals surface area contributed by atoms with E-state index in [0.717, 1.165) is 20.4 Å². The first-order chi connectivity index (χ1) is 8.56. The Morgan fingerprint density at radius 2 is 2.11 bits per heavy atom. The molecule has 5 heteroatoms. The lowest BCUT2D eigenvalue weighted by Gasteiger charge is -2.13. The van der Waals surface area contributed by atoms with Crippen molar-refractivity contribution >= 4 is 50.5 Å². The standard InChI is InChI=1S/C13H12BrCl2NS/c1-8(9-3-2-4-10(15)5-9)17-7-11-6-12(14)13(16)18-11/h2-6,8,17H,7H2,1H3. The molecule has 2 aromatic rings. The van der Waals surface area contributed by atoms with Gasteiger partial charge in [-0.2, -0.15) is 0 Å². The van der Waals surface area contributed by atoms with Crippen molar-refractivity contribution < 1.29 is 0 Å². The van der Waals surface area contributed by atoms with Crippen LogP contribution >= 0.6 is 50.5 Å². The molecule has 0 aliphatic carbocycles. The molecule has 0 spiro atoms. The van der Waals surface area contributed by atoms with E-state index < -0.39 is 0 Å². The predicted octanol–water partition coefficient (Wildman–Crippen LogP) is 5.67. The van der Waals surface area contributed by atoms with Gasteiger partial charge in [0.25, 0.3) is 0 Å². The molecule has 1 N–H and O–H groups in total. The molecule has 0 radical (unpaired) electrons. The maximum Gasteiger partial charge on any atom is 0.107 e. The minimum Gasteiger partial charge on any atom is -0.305 e. The van der Waals surface area contributed by atoms with Gasteiger partial charge in [-0.15, -0.1) is 11.3 Å². The van der Waals surface area contributed by atoms with E-state index in [2.05, 4.69) is 34.2 Å². The van der Waals surface area contributed by atoms with Crippen molar-refractivity contribution in [3.05, 3.63) is 54.6 Å². The Morgan fingerprint density at radius 1 is 1.33 bits per heavy atom. The van der Waals surface area contributed by atoms with E-state index >= 15 is 0 Å². The average Bonchev–Trinajstić information content (AvgIpc) is 2.66. The highest BCUT2D eigenvalue weighted by Crippen LogP contribution is 2.32. The number of rotatable bonds is 4. The van der Waals surface area contributed by atoms with Crippen LogP contribution in [-0.4, -0.2) is 0 Å². The van der Waals surface area contributed by atoms with Crippen molar-refractivity contribution in [3.63, 3.8) is 0 Å². The zero-order chi connectivity index (χ0) is 13.1. The largest absolute Gasteiger partial charge is 0.305 e. The lowest BCUT2D eigenvalue weighted by Crippen LogP contribution is -2.17. The van der Waals surface area contributed by atoms with Crippen molar-refractivity contribution in [1.29, 1.82) is 0 Å². The van der Waals surface area contributed by atoms with Crippen LogP contribution in [-0.2, 0) is 6.54 Å². The molecule has 0 fully saturated rings. The molecule has 0 amide bonds. The third-order valence-electron chi connectivity index (χ3n) is 2.63. The van der Waals surface area contributed by atoms with Crippen molar-refractivity contribution in [2.24, 2.45) is 0 Å². The first-order valence-electron chi connectivity index (χ1n) is 5.49. The second kappa shape index (κ2) is 6.40. The molecule has 0 aliphatic rings. The van der Waals surface area contributed by atoms with Gasteiger partial charge >= 0.3 is 0 Å². The molecule has 2 rings (SSSR count). The highest BCUT2D eigenvalue weighted by Gasteiger charge is 2.08. The Hall–Kier alpha value is -0.0600. The molecule has 1 aromatic carbocycles. The monoisotopic (exact) mass is 363 g/mol. The van der Waals surface area contributed by atoms with E-state index in [9.17, 15) is 0 Å². The maximum absolute atomic E-state index is 6.01. The van der Waals surface area contributed by atoms with Crippen molar-refractivity contribution in [1.82, 2.24) is 5.32 Å². The molecule has 96 valence electrons. The van der Waals surface area contributed by atoms with E-state index in [1.54, 1.807) is 11.3 Å². The molecule has 18 heavy (non-hydrogen) atoms. The number of benzene rings is 1. The fourth-order valence-electron chi connectivity index (χ4n) is 1.63. The van der Waals surface area contributed by atoms with Crippen LogP contribution in [0.3, 0.4) is 0 Å². The van der Waals surface area contributed by atoms with Gasteiger partial charge in [0.15, 0.2) is 0 Å². The predicted molar refractivity (Wildman–Crippen MR) is 83.7 cm³/mol. The molecule has 0 bridgehead atoms. The van der Waals surface area contributed by atoms with Gasteiger partial charge in [-0.05, 0) is 46.6 Å². The number of hydrogen-bond donors (Lipinski definition) is 1. The number of nitrogens with one attached hydrogen (secondary N) is 1. The molecule has 1 nitrogen and oxygen atoms in total. The van der Waals surface area contributed by atoms with Gasteiger partial charge < -0.3 is 5.32 Å². The van der Waals surface area contributed by atoms with Crippen LogP contribution < -0.4 is 5.32 Å². The van der Waals surface area contributed by atoms with Crippen LogP contribution in [0.1, 0.15) is 23.4 Å². The van der Waals surface area contributed by atoms with Gasteiger partial charge in [0, 0.05) is 27.0 Å². The molecule has 1 unspecified atom stereocenters. The van der Waals surface area contributed by atoms with Crippen molar-refractivity contribution in [2.75, 3.05) is 0 Å². The molecule has 1 aromatic heterocycles. The number of halogens is 3. The van der Waals surface area contributed by atoms with Crippen LogP contribution in [0.15, 0.2) is 34.8 Å². The Balaban J connectivity index is 1.98. The van der Waals surface area contributed by atoms with Crippen LogP contribution in [0, 0.1) is 0 Å². The molecular formula is C13H12BrCl2NS. The summed E-state index contributed by atoms with van der Waals surface area (Å²) in [6, 6.07) is 10.2. The summed E-state index contributed by atoms with van der Waals surface area (Å²) in [5, 5.41) is 4.22. The Morgan fingerprint density at radius 3 is 2.72 bits per heavy atom. The molecule has 0 saturated carbocycles. The summed E-state index contributed by atoms with van der Waals surface area (Å²) in [6.45, 7) is 2.92. The van der Waals surface area contributed by atoms with Gasteiger partial charge in [0.2, 0.25) is 0 Å². The quantitative estimate of drug-likeness (QED) is 0.737. The first-order valence-corrected chi connectivity index (χ1v) is 7.85. The number of thiophene rings is 1. The summed E-state index contributed by atoms with van der Waals surface area (Å²) >= 11 is 17.0. The fraction of sp³-hybridized carbons (Fsp3) is 0.231. The minimum atomic E-state index is 0.253. The SMILES string of the molecule is CC(NCc1cc(Br)c(Cl)s1)c1cccc(Cl)c1. The summed E-state index contributed by atoms with van der Waals surface area (Å²) < 4.78 is 1.75. The Bertz CT molecular complexity index is 522. The normalized spacial score (nSPS) is 12.7. The van der Waals surface area contributed by atoms with E-state index in [1.165, 1.54) is 10.4 Å². The van der Waals surface area contributed by atoms with Crippen LogP contribution in [0.25, 0.3) is 0 Å². The van der Waals surface area contributed by atoms with Gasteiger partial charge in [-0.3, -0.25) is 0 Å². The second-order valence-corrected chi connectivity index (χ2v) is 7.02. The highest BCUT2D eigenvalue weighted by atomic mass is 79.9. The van der Waals surface area contributed by atoms with Gasteiger partial charge in [-0.1, -0.05) is 35.3 Å². The van der Waals surface area contributed by atoms with E-state index in [0.29, 0.717) is 0 Å². The summed E-state index contributed by atoms with van der Waals surface area (Å²) in [4.78, 5) is 1.21. The molecular weight excluding hydrogens is 353 g/mol. The van der Waals surface area contributed by atoms with E-state index in [1.807, 2.05) is 24.3 Å². The zero-order valence-electron chi connectivity index (χ0n) is 9.71. The maximum atomic E-state index is 6.01. The molecule has 0 saturated heterocycles. The van der Waals surface area contributed by atoms with Gasteiger partial charge in [-0.25, -0.2) is 0 Å². The van der Waals surface area contributed by atoms with Gasteiger partial charge in [0.1, 0.15) is 4.34 Å². The zero-order valence-corrected chi connectivity index (χ0v) is 13.6. The summed E-state index contributed by atoms with van der Waals surface area (Å²) in [5.41, 5.74) is 1.18. The van der Waals surface area contributed by atoms with Crippen LogP contribution in [0.4, 0.5) is 0 Å². The Kier molecular flexibility index (Phi) is 5.10. The molecule has 1 heterocycles. The highest BCUT2D eigenvalue weighted by molar-refractivity contribution is 9.10. The topological polar surface area (TPSA) is 12.0 Å². The smallest absolute Gasteiger partial charge is 0.107 e. The van der Waals surface area contributed by atoms with Gasteiger partial charge in [0.05, 0.1) is 0 Å². The Labute approximate surface area is 129 Å². The number of hydrogen-bond acceptors (Lipinski definition) is 2. The van der Waals surface area contributed by atoms with Crippen molar-refractivity contribution in [3.8, 4) is 0 Å². The molecule has 1 atom stereocenters. The fourth-order valence-corrected chi connectivity index (χ4v) is 3.57. The lowest BCUT2D eigenvalue weighted by molar-refractivity contribution is 0.579. The average molecular weight is 365 g/mol. The third kappa shape index (κ3) is 3.72. The van der Waals surface area contributed by atoms with E-state index in [-0.39, 0.29) is 6.04 Å². The second-order valence-electron chi connectivity index (χ2n) is 3.99. The summed E-state index contributed by atoms with van der Waals surface area (Å²) in [6.07, 6.45) is 0. The summed E-state index contributed by atoms with van der Waals surface area (Å²) in [7, 11) is 0.